The molecule has 1 heterocycles. The lowest BCUT2D eigenvalue weighted by atomic mass is 10.3. The minimum absolute atomic E-state index is 0.00319. The Bertz CT molecular complexity index is 702. The second kappa shape index (κ2) is 5.24. The Balaban J connectivity index is 2.32. The van der Waals surface area contributed by atoms with Gasteiger partial charge in [0.05, 0.1) is 20.6 Å². The zero-order chi connectivity index (χ0) is 14.0. The molecule has 0 saturated carbocycles. The number of hydrogen-bond donors (Lipinski definition) is 2. The summed E-state index contributed by atoms with van der Waals surface area (Å²) in [7, 11) is -3.76. The zero-order valence-corrected chi connectivity index (χ0v) is 11.8. The molecule has 0 aliphatic carbocycles. The number of pyridine rings is 1. The summed E-state index contributed by atoms with van der Waals surface area (Å²) in [6.45, 7) is 0. The van der Waals surface area contributed by atoms with Crippen LogP contribution in [0.15, 0.2) is 41.4 Å². The molecule has 0 atom stereocenters. The van der Waals surface area contributed by atoms with E-state index in [0.717, 1.165) is 0 Å². The summed E-state index contributed by atoms with van der Waals surface area (Å²) in [6.07, 6.45) is 1.34. The largest absolute Gasteiger partial charge is 0.398 e. The van der Waals surface area contributed by atoms with Crippen molar-refractivity contribution in [1.82, 2.24) is 4.98 Å². The second-order valence-corrected chi connectivity index (χ2v) is 6.18. The first-order valence-electron chi connectivity index (χ1n) is 5.08. The Hall–Kier alpha value is -1.50. The molecule has 2 aromatic rings. The topological polar surface area (TPSA) is 85.1 Å². The monoisotopic (exact) mass is 317 g/mol. The molecule has 0 saturated heterocycles. The van der Waals surface area contributed by atoms with Crippen molar-refractivity contribution in [3.05, 3.63) is 46.6 Å². The van der Waals surface area contributed by atoms with Crippen LogP contribution in [0.4, 0.5) is 11.5 Å². The lowest BCUT2D eigenvalue weighted by Gasteiger charge is -2.08. The van der Waals surface area contributed by atoms with Gasteiger partial charge in [-0.25, -0.2) is 13.4 Å². The van der Waals surface area contributed by atoms with Crippen LogP contribution in [0.2, 0.25) is 10.0 Å². The summed E-state index contributed by atoms with van der Waals surface area (Å²) in [6, 6.07) is 7.04. The Kier molecular flexibility index (Phi) is 3.84. The van der Waals surface area contributed by atoms with Gasteiger partial charge in [0.2, 0.25) is 0 Å². The predicted molar refractivity (Wildman–Crippen MR) is 75.9 cm³/mol. The van der Waals surface area contributed by atoms with Gasteiger partial charge in [0, 0.05) is 6.20 Å². The number of nitrogen functional groups attached to an aromatic ring is 1. The number of nitrogens with one attached hydrogen (secondary N) is 1. The number of halogens is 2. The first-order chi connectivity index (χ1) is 8.88. The third-order valence-corrected chi connectivity index (χ3v) is 4.15. The van der Waals surface area contributed by atoms with Crippen molar-refractivity contribution in [3.63, 3.8) is 0 Å². The van der Waals surface area contributed by atoms with Crippen molar-refractivity contribution < 1.29 is 8.42 Å². The highest BCUT2D eigenvalue weighted by atomic mass is 35.5. The van der Waals surface area contributed by atoms with Gasteiger partial charge in [-0.15, -0.1) is 0 Å². The number of hydrogen-bond acceptors (Lipinski definition) is 4. The van der Waals surface area contributed by atoms with Crippen LogP contribution in [0.5, 0.6) is 0 Å². The van der Waals surface area contributed by atoms with E-state index in [9.17, 15) is 8.42 Å². The number of anilines is 2. The van der Waals surface area contributed by atoms with E-state index in [2.05, 4.69) is 9.71 Å². The van der Waals surface area contributed by atoms with E-state index in [-0.39, 0.29) is 15.7 Å². The fraction of sp³-hybridized carbons (Fsp3) is 0. The van der Waals surface area contributed by atoms with Crippen LogP contribution in [-0.4, -0.2) is 13.4 Å². The third-order valence-electron chi connectivity index (χ3n) is 2.25. The highest BCUT2D eigenvalue weighted by molar-refractivity contribution is 7.92. The highest BCUT2D eigenvalue weighted by Gasteiger charge is 2.15. The molecule has 0 aliphatic heterocycles. The summed E-state index contributed by atoms with van der Waals surface area (Å²) in [4.78, 5) is 3.85. The molecule has 8 heteroatoms. The highest BCUT2D eigenvalue weighted by Crippen LogP contribution is 2.23. The van der Waals surface area contributed by atoms with Crippen molar-refractivity contribution in [1.29, 1.82) is 0 Å². The van der Waals surface area contributed by atoms with Crippen LogP contribution >= 0.6 is 23.2 Å². The maximum atomic E-state index is 12.1. The number of sulfonamides is 1. The van der Waals surface area contributed by atoms with Crippen molar-refractivity contribution in [2.24, 2.45) is 0 Å². The molecule has 0 amide bonds. The molecular formula is C11H9Cl2N3O2S. The number of rotatable bonds is 3. The molecule has 19 heavy (non-hydrogen) atoms. The fourth-order valence-electron chi connectivity index (χ4n) is 1.31. The van der Waals surface area contributed by atoms with Crippen LogP contribution in [0.1, 0.15) is 0 Å². The molecule has 2 rings (SSSR count). The average molecular weight is 318 g/mol. The van der Waals surface area contributed by atoms with Crippen LogP contribution in [0, 0.1) is 0 Å². The van der Waals surface area contributed by atoms with E-state index in [1.807, 2.05) is 0 Å². The molecule has 0 radical (unpaired) electrons. The molecule has 1 aromatic carbocycles. The SMILES string of the molecule is Nc1ccc(S(=O)(=O)Nc2ccc(Cl)cn2)cc1Cl. The van der Waals surface area contributed by atoms with E-state index in [1.165, 1.54) is 36.5 Å². The van der Waals surface area contributed by atoms with E-state index >= 15 is 0 Å². The fourth-order valence-corrected chi connectivity index (χ4v) is 2.70. The quantitative estimate of drug-likeness (QED) is 0.852. The zero-order valence-electron chi connectivity index (χ0n) is 9.47. The van der Waals surface area contributed by atoms with E-state index in [0.29, 0.717) is 10.7 Å². The van der Waals surface area contributed by atoms with Crippen molar-refractivity contribution in [2.45, 2.75) is 4.90 Å². The molecule has 0 aliphatic rings. The van der Waals surface area contributed by atoms with Crippen molar-refractivity contribution >= 4 is 44.7 Å². The standard InChI is InChI=1S/C11H9Cl2N3O2S/c12-7-1-4-11(15-6-7)16-19(17,18)8-2-3-10(14)9(13)5-8/h1-6H,14H2,(H,15,16). The molecular weight excluding hydrogens is 309 g/mol. The van der Waals surface area contributed by atoms with Gasteiger partial charge in [-0.05, 0) is 30.3 Å². The van der Waals surface area contributed by atoms with Gasteiger partial charge >= 0.3 is 0 Å². The van der Waals surface area contributed by atoms with E-state index in [1.54, 1.807) is 0 Å². The number of nitrogens with two attached hydrogens (primary N) is 1. The van der Waals surface area contributed by atoms with Gasteiger partial charge in [0.25, 0.3) is 10.0 Å². The van der Waals surface area contributed by atoms with Crippen LogP contribution < -0.4 is 10.5 Å². The molecule has 0 fully saturated rings. The van der Waals surface area contributed by atoms with E-state index < -0.39 is 10.0 Å². The van der Waals surface area contributed by atoms with Gasteiger partial charge in [-0.1, -0.05) is 23.2 Å². The number of benzene rings is 1. The van der Waals surface area contributed by atoms with Crippen molar-refractivity contribution in [2.75, 3.05) is 10.5 Å². The number of nitrogens with zero attached hydrogens (tertiary/aromatic N) is 1. The van der Waals surface area contributed by atoms with Gasteiger partial charge in [0.1, 0.15) is 5.82 Å². The van der Waals surface area contributed by atoms with E-state index in [4.69, 9.17) is 28.9 Å². The summed E-state index contributed by atoms with van der Waals surface area (Å²) in [5.74, 6) is 0.164. The molecule has 100 valence electrons. The Morgan fingerprint density at radius 2 is 1.89 bits per heavy atom. The smallest absolute Gasteiger partial charge is 0.263 e. The Labute approximate surface area is 120 Å². The molecule has 0 bridgehead atoms. The first-order valence-corrected chi connectivity index (χ1v) is 7.32. The summed E-state index contributed by atoms with van der Waals surface area (Å²) >= 11 is 11.5. The van der Waals surface area contributed by atoms with Crippen molar-refractivity contribution in [3.8, 4) is 0 Å². The minimum atomic E-state index is -3.76. The summed E-state index contributed by atoms with van der Waals surface area (Å²) in [5.41, 5.74) is 5.84. The van der Waals surface area contributed by atoms with Gasteiger partial charge in [0.15, 0.2) is 0 Å². The predicted octanol–water partition coefficient (Wildman–Crippen LogP) is 2.77. The van der Waals surface area contributed by atoms with Gasteiger partial charge in [-0.3, -0.25) is 4.72 Å². The summed E-state index contributed by atoms with van der Waals surface area (Å²) in [5, 5.41) is 0.588. The lowest BCUT2D eigenvalue weighted by molar-refractivity contribution is 0.601. The molecule has 0 unspecified atom stereocenters. The normalized spacial score (nSPS) is 11.3. The molecule has 3 N–H and O–H groups in total. The van der Waals surface area contributed by atoms with Crippen LogP contribution in [0.25, 0.3) is 0 Å². The lowest BCUT2D eigenvalue weighted by Crippen LogP contribution is -2.13. The third kappa shape index (κ3) is 3.28. The van der Waals surface area contributed by atoms with Gasteiger partial charge < -0.3 is 5.73 Å². The Morgan fingerprint density at radius 1 is 1.16 bits per heavy atom. The number of aromatic nitrogens is 1. The second-order valence-electron chi connectivity index (χ2n) is 3.65. The Morgan fingerprint density at radius 3 is 2.47 bits per heavy atom. The van der Waals surface area contributed by atoms with Crippen LogP contribution in [-0.2, 0) is 10.0 Å². The molecule has 0 spiro atoms. The first kappa shape index (κ1) is 13.9. The molecule has 1 aromatic heterocycles. The minimum Gasteiger partial charge on any atom is -0.398 e. The molecule has 5 nitrogen and oxygen atoms in total. The maximum absolute atomic E-state index is 12.1. The average Bonchev–Trinajstić information content (AvgIpc) is 2.35. The van der Waals surface area contributed by atoms with Gasteiger partial charge in [-0.2, -0.15) is 0 Å². The maximum Gasteiger partial charge on any atom is 0.263 e. The summed E-state index contributed by atoms with van der Waals surface area (Å²) < 4.78 is 26.4. The van der Waals surface area contributed by atoms with Crippen LogP contribution in [0.3, 0.4) is 0 Å².